The van der Waals surface area contributed by atoms with E-state index in [4.69, 9.17) is 11.6 Å². The number of benzene rings is 2. The van der Waals surface area contributed by atoms with Gasteiger partial charge in [-0.1, -0.05) is 24.6 Å². The largest absolute Gasteiger partial charge is 0.369 e. The lowest BCUT2D eigenvalue weighted by Crippen LogP contribution is -2.45. The Balaban J connectivity index is 1.98. The molecule has 6 heteroatoms. The summed E-state index contributed by atoms with van der Waals surface area (Å²) < 4.78 is 0. The second-order valence-corrected chi connectivity index (χ2v) is 8.30. The predicted octanol–water partition coefficient (Wildman–Crippen LogP) is 6.03. The topological polar surface area (TPSA) is 58.7 Å². The van der Waals surface area contributed by atoms with E-state index in [2.05, 4.69) is 43.8 Å². The summed E-state index contributed by atoms with van der Waals surface area (Å²) in [7, 11) is 2.10. The van der Waals surface area contributed by atoms with Crippen molar-refractivity contribution in [1.82, 2.24) is 0 Å². The fourth-order valence-electron chi connectivity index (χ4n) is 3.72. The zero-order valence-corrected chi connectivity index (χ0v) is 17.0. The van der Waals surface area contributed by atoms with Crippen LogP contribution in [0.2, 0.25) is 5.02 Å². The quantitative estimate of drug-likeness (QED) is 0.368. The summed E-state index contributed by atoms with van der Waals surface area (Å²) in [4.78, 5) is 17.4. The average Bonchev–Trinajstić information content (AvgIpc) is 2.59. The van der Waals surface area contributed by atoms with E-state index in [1.165, 1.54) is 11.6 Å². The summed E-state index contributed by atoms with van der Waals surface area (Å²) in [6.45, 7) is 8.41. The van der Waals surface area contributed by atoms with E-state index in [1.54, 1.807) is 25.3 Å². The predicted molar refractivity (Wildman–Crippen MR) is 112 cm³/mol. The Kier molecular flexibility index (Phi) is 5.00. The van der Waals surface area contributed by atoms with Gasteiger partial charge in [-0.15, -0.1) is 0 Å². The molecule has 5 nitrogen and oxygen atoms in total. The van der Waals surface area contributed by atoms with Gasteiger partial charge in [0.25, 0.3) is 5.69 Å². The van der Waals surface area contributed by atoms with Gasteiger partial charge >= 0.3 is 0 Å². The minimum absolute atomic E-state index is 0.0682. The number of nitrogens with zero attached hydrogens (tertiary/aromatic N) is 3. The van der Waals surface area contributed by atoms with Crippen LogP contribution in [0, 0.1) is 17.0 Å². The van der Waals surface area contributed by atoms with Gasteiger partial charge in [0.1, 0.15) is 0 Å². The highest BCUT2D eigenvalue weighted by atomic mass is 35.5. The monoisotopic (exact) mass is 385 g/mol. The Bertz CT molecular complexity index is 937. The van der Waals surface area contributed by atoms with E-state index in [9.17, 15) is 10.1 Å². The first kappa shape index (κ1) is 19.4. The van der Waals surface area contributed by atoms with E-state index in [0.717, 1.165) is 17.7 Å². The third-order valence-corrected chi connectivity index (χ3v) is 5.82. The molecule has 142 valence electrons. The molecular formula is C21H24ClN3O2. The zero-order chi connectivity index (χ0) is 19.9. The minimum Gasteiger partial charge on any atom is -0.369 e. The lowest BCUT2D eigenvalue weighted by Gasteiger charge is -2.45. The van der Waals surface area contributed by atoms with Gasteiger partial charge in [-0.2, -0.15) is 0 Å². The van der Waals surface area contributed by atoms with Gasteiger partial charge in [0, 0.05) is 41.7 Å². The van der Waals surface area contributed by atoms with Crippen LogP contribution >= 0.6 is 11.6 Å². The lowest BCUT2D eigenvalue weighted by molar-refractivity contribution is -0.385. The summed E-state index contributed by atoms with van der Waals surface area (Å²) in [5.41, 5.74) is 4.51. The number of aliphatic imine (C=N–C) groups is 1. The molecule has 2 aromatic carbocycles. The fourth-order valence-corrected chi connectivity index (χ4v) is 3.93. The van der Waals surface area contributed by atoms with E-state index in [-0.39, 0.29) is 16.1 Å². The Morgan fingerprint density at radius 2 is 2.04 bits per heavy atom. The molecule has 0 spiro atoms. The number of hydrogen-bond donors (Lipinski definition) is 0. The third kappa shape index (κ3) is 3.69. The van der Waals surface area contributed by atoms with Crippen molar-refractivity contribution >= 4 is 34.9 Å². The molecule has 0 bridgehead atoms. The molecule has 0 aliphatic carbocycles. The molecule has 0 N–H and O–H groups in total. The maximum atomic E-state index is 11.1. The van der Waals surface area contributed by atoms with Crippen molar-refractivity contribution < 1.29 is 4.92 Å². The maximum absolute atomic E-state index is 11.1. The van der Waals surface area contributed by atoms with Gasteiger partial charge < -0.3 is 4.90 Å². The van der Waals surface area contributed by atoms with E-state index < -0.39 is 0 Å². The first-order chi connectivity index (χ1) is 12.6. The molecule has 1 atom stereocenters. The highest BCUT2D eigenvalue weighted by Gasteiger charge is 2.34. The Morgan fingerprint density at radius 3 is 2.70 bits per heavy atom. The van der Waals surface area contributed by atoms with Crippen LogP contribution in [0.4, 0.5) is 17.1 Å². The first-order valence-corrected chi connectivity index (χ1v) is 9.34. The number of hydrogen-bond acceptors (Lipinski definition) is 4. The summed E-state index contributed by atoms with van der Waals surface area (Å²) in [5, 5.41) is 11.7. The molecule has 0 amide bonds. The molecule has 27 heavy (non-hydrogen) atoms. The van der Waals surface area contributed by atoms with Crippen LogP contribution in [-0.4, -0.2) is 23.7 Å². The summed E-state index contributed by atoms with van der Waals surface area (Å²) in [5.74, 6) is 0.413. The Hall–Kier alpha value is -2.40. The van der Waals surface area contributed by atoms with Gasteiger partial charge in [-0.3, -0.25) is 15.1 Å². The molecule has 0 fully saturated rings. The molecule has 2 aromatic rings. The molecule has 0 saturated heterocycles. The normalized spacial score (nSPS) is 18.6. The summed E-state index contributed by atoms with van der Waals surface area (Å²) in [6, 6.07) is 9.03. The number of aryl methyl sites for hydroxylation is 1. The van der Waals surface area contributed by atoms with Crippen molar-refractivity contribution in [3.05, 3.63) is 62.2 Å². The number of halogens is 1. The number of nitro benzene ring substituents is 1. The molecular weight excluding hydrogens is 362 g/mol. The molecule has 0 radical (unpaired) electrons. The van der Waals surface area contributed by atoms with E-state index in [1.807, 2.05) is 6.07 Å². The highest BCUT2D eigenvalue weighted by molar-refractivity contribution is 6.33. The van der Waals surface area contributed by atoms with Gasteiger partial charge in [0.15, 0.2) is 0 Å². The molecule has 1 unspecified atom stereocenters. The van der Waals surface area contributed by atoms with Gasteiger partial charge in [-0.25, -0.2) is 0 Å². The van der Waals surface area contributed by atoms with Crippen molar-refractivity contribution in [3.63, 3.8) is 0 Å². The second kappa shape index (κ2) is 6.97. The summed E-state index contributed by atoms with van der Waals surface area (Å²) >= 11 is 6.51. The molecule has 1 aliphatic rings. The molecule has 1 aliphatic heterocycles. The Morgan fingerprint density at radius 1 is 1.33 bits per heavy atom. The van der Waals surface area contributed by atoms with Crippen molar-refractivity contribution in [2.75, 3.05) is 11.9 Å². The molecule has 0 aromatic heterocycles. The standard InChI is InChI=1S/C21H24ClN3O2/c1-13-6-7-16(9-19(13)25(26)27)23-12-15-8-17-14(2)11-21(3,4)24(5)20(17)10-18(15)22/h6-10,12,14H,11H2,1-5H3. The van der Waals surface area contributed by atoms with Crippen molar-refractivity contribution in [2.24, 2.45) is 4.99 Å². The second-order valence-electron chi connectivity index (χ2n) is 7.90. The number of anilines is 1. The first-order valence-electron chi connectivity index (χ1n) is 8.96. The van der Waals surface area contributed by atoms with Crippen LogP contribution in [0.15, 0.2) is 35.3 Å². The Labute approximate surface area is 164 Å². The smallest absolute Gasteiger partial charge is 0.274 e. The van der Waals surface area contributed by atoms with E-state index >= 15 is 0 Å². The van der Waals surface area contributed by atoms with E-state index in [0.29, 0.717) is 22.2 Å². The van der Waals surface area contributed by atoms with Crippen LogP contribution in [0.25, 0.3) is 0 Å². The van der Waals surface area contributed by atoms with Crippen molar-refractivity contribution in [1.29, 1.82) is 0 Å². The third-order valence-electron chi connectivity index (χ3n) is 5.49. The SMILES string of the molecule is Cc1ccc(N=Cc2cc3c(cc2Cl)N(C)C(C)(C)CC3C)cc1[N+](=O)[O-]. The number of rotatable bonds is 3. The highest BCUT2D eigenvalue weighted by Crippen LogP contribution is 2.44. The fraction of sp³-hybridized carbons (Fsp3) is 0.381. The van der Waals surface area contributed by atoms with Crippen LogP contribution in [-0.2, 0) is 0 Å². The van der Waals surface area contributed by atoms with Gasteiger partial charge in [0.2, 0.25) is 0 Å². The van der Waals surface area contributed by atoms with Gasteiger partial charge in [0.05, 0.1) is 15.6 Å². The molecule has 1 heterocycles. The number of nitro groups is 1. The summed E-state index contributed by atoms with van der Waals surface area (Å²) in [6.07, 6.45) is 2.74. The van der Waals surface area contributed by atoms with Crippen molar-refractivity contribution in [2.45, 2.75) is 45.6 Å². The van der Waals surface area contributed by atoms with Gasteiger partial charge in [-0.05, 0) is 56.9 Å². The number of fused-ring (bicyclic) bond motifs is 1. The molecule has 0 saturated carbocycles. The average molecular weight is 386 g/mol. The minimum atomic E-state index is -0.389. The maximum Gasteiger partial charge on any atom is 0.274 e. The van der Waals surface area contributed by atoms with Crippen molar-refractivity contribution in [3.8, 4) is 0 Å². The van der Waals surface area contributed by atoms with Crippen LogP contribution in [0.3, 0.4) is 0 Å². The molecule has 3 rings (SSSR count). The van der Waals surface area contributed by atoms with Crippen LogP contribution in [0.1, 0.15) is 49.8 Å². The van der Waals surface area contributed by atoms with Crippen LogP contribution < -0.4 is 4.90 Å². The van der Waals surface area contributed by atoms with Crippen LogP contribution in [0.5, 0.6) is 0 Å². The lowest BCUT2D eigenvalue weighted by atomic mass is 9.80. The zero-order valence-electron chi connectivity index (χ0n) is 16.3.